The van der Waals surface area contributed by atoms with Gasteiger partial charge in [-0.25, -0.2) is 0 Å². The first kappa shape index (κ1) is 23.1. The highest BCUT2D eigenvalue weighted by molar-refractivity contribution is 7.85. The van der Waals surface area contributed by atoms with Gasteiger partial charge in [-0.2, -0.15) is 8.42 Å². The summed E-state index contributed by atoms with van der Waals surface area (Å²) >= 11 is -0.0703. The SMILES string of the molecule is CC(C)(C)c1ccc([I+]c2ccc(C(C)(C)C)cc2)cc1.CS(=O)(=O)O. The van der Waals surface area contributed by atoms with Crippen LogP contribution in [0.3, 0.4) is 0 Å². The van der Waals surface area contributed by atoms with E-state index in [0.29, 0.717) is 6.26 Å². The van der Waals surface area contributed by atoms with Gasteiger partial charge in [-0.3, -0.25) is 4.55 Å². The van der Waals surface area contributed by atoms with Gasteiger partial charge in [0.1, 0.15) is 0 Å². The Morgan fingerprint density at radius 2 is 0.923 bits per heavy atom. The molecule has 2 aromatic rings. The van der Waals surface area contributed by atoms with Crippen LogP contribution in [0.4, 0.5) is 0 Å². The zero-order chi connectivity index (χ0) is 20.2. The molecule has 0 aliphatic carbocycles. The van der Waals surface area contributed by atoms with Gasteiger partial charge in [0.25, 0.3) is 10.1 Å². The molecule has 0 saturated heterocycles. The van der Waals surface area contributed by atoms with Crippen LogP contribution in [0.25, 0.3) is 0 Å². The molecule has 3 nitrogen and oxygen atoms in total. The van der Waals surface area contributed by atoms with Gasteiger partial charge in [0, 0.05) is 0 Å². The maximum absolute atomic E-state index is 9.19. The number of benzene rings is 2. The molecule has 144 valence electrons. The van der Waals surface area contributed by atoms with E-state index in [1.165, 1.54) is 18.3 Å². The molecule has 2 rings (SSSR count). The molecule has 1 N–H and O–H groups in total. The van der Waals surface area contributed by atoms with E-state index in [2.05, 4.69) is 90.1 Å². The van der Waals surface area contributed by atoms with Crippen molar-refractivity contribution in [2.24, 2.45) is 0 Å². The third-order valence-corrected chi connectivity index (χ3v) is 6.32. The summed E-state index contributed by atoms with van der Waals surface area (Å²) in [5.41, 5.74) is 3.31. The Morgan fingerprint density at radius 3 is 1.12 bits per heavy atom. The largest absolute Gasteiger partial charge is 0.357 e. The van der Waals surface area contributed by atoms with Gasteiger partial charge in [0.15, 0.2) is 7.14 Å². The molecule has 0 aromatic heterocycles. The third kappa shape index (κ3) is 9.14. The molecule has 5 heteroatoms. The molecule has 26 heavy (non-hydrogen) atoms. The lowest BCUT2D eigenvalue weighted by molar-refractivity contribution is -0.597. The van der Waals surface area contributed by atoms with Gasteiger partial charge in [-0.1, -0.05) is 65.8 Å². The monoisotopic (exact) mass is 489 g/mol. The summed E-state index contributed by atoms with van der Waals surface area (Å²) in [6, 6.07) is 18.4. The summed E-state index contributed by atoms with van der Waals surface area (Å²) in [7, 11) is -3.67. The first-order valence-corrected chi connectivity index (χ1v) is 12.5. The van der Waals surface area contributed by atoms with Crippen molar-refractivity contribution in [2.45, 2.75) is 52.4 Å². The van der Waals surface area contributed by atoms with E-state index in [1.807, 2.05) is 0 Å². The van der Waals surface area contributed by atoms with E-state index in [0.717, 1.165) is 0 Å². The molecule has 0 unspecified atom stereocenters. The second-order valence-electron chi connectivity index (χ2n) is 8.34. The number of halogens is 1. The highest BCUT2D eigenvalue weighted by Crippen LogP contribution is 2.21. The average molecular weight is 489 g/mol. The van der Waals surface area contributed by atoms with E-state index in [-0.39, 0.29) is 32.0 Å². The second-order valence-corrected chi connectivity index (χ2v) is 12.8. The molecule has 0 aliphatic rings. The summed E-state index contributed by atoms with van der Waals surface area (Å²) in [5.74, 6) is 0. The van der Waals surface area contributed by atoms with Crippen LogP contribution in [-0.4, -0.2) is 19.2 Å². The minimum atomic E-state index is -3.67. The van der Waals surface area contributed by atoms with Crippen molar-refractivity contribution in [3.05, 3.63) is 66.8 Å². The van der Waals surface area contributed by atoms with Gasteiger partial charge < -0.3 is 0 Å². The van der Waals surface area contributed by atoms with Crippen LogP contribution < -0.4 is 21.2 Å². The Kier molecular flexibility index (Phi) is 7.87. The molecule has 0 amide bonds. The van der Waals surface area contributed by atoms with Crippen LogP contribution in [-0.2, 0) is 20.9 Å². The van der Waals surface area contributed by atoms with Crippen LogP contribution in [0.2, 0.25) is 0 Å². The minimum Gasteiger partial charge on any atom is -0.286 e. The molecule has 0 bridgehead atoms. The molecule has 0 atom stereocenters. The van der Waals surface area contributed by atoms with Crippen molar-refractivity contribution in [1.29, 1.82) is 0 Å². The van der Waals surface area contributed by atoms with Gasteiger partial charge in [-0.05, 0) is 46.2 Å². The Balaban J connectivity index is 0.000000597. The number of rotatable bonds is 2. The number of hydrogen-bond donors (Lipinski definition) is 1. The first-order chi connectivity index (χ1) is 11.7. The molecule has 2 aromatic carbocycles. The minimum absolute atomic E-state index is 0.0703. The smallest absolute Gasteiger partial charge is 0.286 e. The molecular weight excluding hydrogens is 459 g/mol. The van der Waals surface area contributed by atoms with E-state index in [1.54, 1.807) is 0 Å². The number of hydrogen-bond acceptors (Lipinski definition) is 2. The maximum Gasteiger partial charge on any atom is 0.357 e. The van der Waals surface area contributed by atoms with Crippen molar-refractivity contribution in [2.75, 3.05) is 6.26 Å². The standard InChI is InChI=1S/C20H26I.CH4O3S/c1-19(2,3)15-7-11-17(12-8-15)21-18-13-9-16(10-14-18)20(4,5)6;1-5(2,3)4/h7-14H,1-6H3;1H3,(H,2,3,4)/q+1;. The lowest BCUT2D eigenvalue weighted by Crippen LogP contribution is -3.61. The Hall–Kier alpha value is -0.920. The molecule has 0 spiro atoms. The van der Waals surface area contributed by atoms with Crippen molar-refractivity contribution in [3.63, 3.8) is 0 Å². The molecule has 0 radical (unpaired) electrons. The van der Waals surface area contributed by atoms with Crippen LogP contribution in [0, 0.1) is 7.14 Å². The topological polar surface area (TPSA) is 54.4 Å². The zero-order valence-corrected chi connectivity index (χ0v) is 19.6. The predicted molar refractivity (Wildman–Crippen MR) is 105 cm³/mol. The Morgan fingerprint density at radius 1 is 0.692 bits per heavy atom. The van der Waals surface area contributed by atoms with E-state index in [4.69, 9.17) is 4.55 Å². The first-order valence-electron chi connectivity index (χ1n) is 8.44. The zero-order valence-electron chi connectivity index (χ0n) is 16.7. The highest BCUT2D eigenvalue weighted by atomic mass is 127. The third-order valence-electron chi connectivity index (χ3n) is 3.64. The van der Waals surface area contributed by atoms with Crippen LogP contribution in [0.5, 0.6) is 0 Å². The lowest BCUT2D eigenvalue weighted by Gasteiger charge is -2.18. The van der Waals surface area contributed by atoms with E-state index >= 15 is 0 Å². The maximum atomic E-state index is 9.19. The average Bonchev–Trinajstić information content (AvgIpc) is 2.45. The lowest BCUT2D eigenvalue weighted by atomic mass is 9.87. The second kappa shape index (κ2) is 8.85. The van der Waals surface area contributed by atoms with Crippen LogP contribution in [0.1, 0.15) is 52.7 Å². The normalized spacial score (nSPS) is 12.3. The summed E-state index contributed by atoms with van der Waals surface area (Å²) in [4.78, 5) is 0. The predicted octanol–water partition coefficient (Wildman–Crippen LogP) is 1.91. The van der Waals surface area contributed by atoms with Crippen LogP contribution >= 0.6 is 0 Å². The fourth-order valence-electron chi connectivity index (χ4n) is 2.15. The van der Waals surface area contributed by atoms with Crippen molar-refractivity contribution < 1.29 is 34.2 Å². The summed E-state index contributed by atoms with van der Waals surface area (Å²) < 4.78 is 28.9. The molecular formula is C21H30IO3S+. The van der Waals surface area contributed by atoms with Crippen LogP contribution in [0.15, 0.2) is 48.5 Å². The van der Waals surface area contributed by atoms with Gasteiger partial charge in [0.2, 0.25) is 0 Å². The summed E-state index contributed by atoms with van der Waals surface area (Å²) in [6.07, 6.45) is 0.715. The summed E-state index contributed by atoms with van der Waals surface area (Å²) in [6.45, 7) is 13.6. The highest BCUT2D eigenvalue weighted by Gasteiger charge is 2.20. The van der Waals surface area contributed by atoms with Crippen molar-refractivity contribution >= 4 is 10.1 Å². The van der Waals surface area contributed by atoms with E-state index < -0.39 is 10.1 Å². The quantitative estimate of drug-likeness (QED) is 0.518. The molecule has 0 aliphatic heterocycles. The van der Waals surface area contributed by atoms with Gasteiger partial charge in [-0.15, -0.1) is 0 Å². The molecule has 0 fully saturated rings. The van der Waals surface area contributed by atoms with Gasteiger partial charge >= 0.3 is 21.2 Å². The molecule has 0 saturated carbocycles. The summed E-state index contributed by atoms with van der Waals surface area (Å²) in [5, 5.41) is 0. The van der Waals surface area contributed by atoms with E-state index in [9.17, 15) is 8.42 Å². The Bertz CT molecular complexity index is 731. The fourth-order valence-corrected chi connectivity index (χ4v) is 4.31. The van der Waals surface area contributed by atoms with Gasteiger partial charge in [0.05, 0.1) is 6.26 Å². The Labute approximate surface area is 169 Å². The fraction of sp³-hybridized carbons (Fsp3) is 0.429. The van der Waals surface area contributed by atoms with Crippen molar-refractivity contribution in [3.8, 4) is 0 Å². The van der Waals surface area contributed by atoms with Crippen molar-refractivity contribution in [1.82, 2.24) is 0 Å². The molecule has 0 heterocycles.